The molecule has 0 aliphatic rings. The van der Waals surface area contributed by atoms with Crippen molar-refractivity contribution in [2.45, 2.75) is 103 Å². The minimum absolute atomic E-state index is 0. The van der Waals surface area contributed by atoms with E-state index in [4.69, 9.17) is 0 Å². The Kier molecular flexibility index (Phi) is 60.3. The molecule has 0 bridgehead atoms. The van der Waals surface area contributed by atoms with Crippen LogP contribution in [0, 0.1) is 5.92 Å². The van der Waals surface area contributed by atoms with Crippen LogP contribution in [0.1, 0.15) is 103 Å². The number of unbranched alkanes of at least 4 members (excludes halogenated alkanes) is 2. The van der Waals surface area contributed by atoms with Gasteiger partial charge in [0.15, 0.2) is 0 Å². The minimum Gasteiger partial charge on any atom is -0.0859 e. The monoisotopic (exact) mass is 262 g/mol. The van der Waals surface area contributed by atoms with Crippen LogP contribution in [0.25, 0.3) is 0 Å². The summed E-state index contributed by atoms with van der Waals surface area (Å²) in [5, 5.41) is 0. The molecule has 0 amide bonds. The van der Waals surface area contributed by atoms with E-state index in [-0.39, 0.29) is 29.7 Å². The lowest BCUT2D eigenvalue weighted by molar-refractivity contribution is 0.550. The summed E-state index contributed by atoms with van der Waals surface area (Å²) in [7, 11) is 0. The van der Waals surface area contributed by atoms with Gasteiger partial charge < -0.3 is 0 Å². The highest BCUT2D eigenvalue weighted by Crippen LogP contribution is 2.04. The Balaban J connectivity index is -0.0000000327. The lowest BCUT2D eigenvalue weighted by Gasteiger charge is -1.98. The molecule has 118 valence electrons. The average Bonchev–Trinajstić information content (AvgIpc) is 2.12. The normalized spacial score (nSPS) is 7.28. The van der Waals surface area contributed by atoms with Gasteiger partial charge in [0.1, 0.15) is 0 Å². The molecule has 0 aromatic rings. The van der Waals surface area contributed by atoms with Crippen LogP contribution in [0.4, 0.5) is 0 Å². The van der Waals surface area contributed by atoms with Crippen LogP contribution in [0.15, 0.2) is 11.6 Å². The Morgan fingerprint density at radius 2 is 1.33 bits per heavy atom. The van der Waals surface area contributed by atoms with Gasteiger partial charge in [-0.15, -0.1) is 0 Å². The van der Waals surface area contributed by atoms with E-state index >= 15 is 0 Å². The summed E-state index contributed by atoms with van der Waals surface area (Å²) in [6.45, 7) is 13.2. The van der Waals surface area contributed by atoms with Crippen LogP contribution in [-0.4, -0.2) is 0 Å². The molecule has 18 heavy (non-hydrogen) atoms. The third-order valence-corrected chi connectivity index (χ3v) is 1.98. The third-order valence-electron chi connectivity index (χ3n) is 1.98. The fourth-order valence-corrected chi connectivity index (χ4v) is 1.05. The SMILES string of the molecule is C.C.C.C.CCCC=C(C)C.CCCCC(C)C. The summed E-state index contributed by atoms with van der Waals surface area (Å²) in [6, 6.07) is 0. The maximum Gasteiger partial charge on any atom is -0.0351 e. The number of allylic oxidation sites excluding steroid dienone is 2. The van der Waals surface area contributed by atoms with E-state index in [0.717, 1.165) is 5.92 Å². The van der Waals surface area contributed by atoms with Crippen LogP contribution < -0.4 is 0 Å². The van der Waals surface area contributed by atoms with Crippen molar-refractivity contribution in [2.24, 2.45) is 5.92 Å². The molecule has 0 heterocycles. The van der Waals surface area contributed by atoms with Crippen molar-refractivity contribution >= 4 is 0 Å². The molecule has 0 spiro atoms. The predicted octanol–water partition coefficient (Wildman–Crippen LogP) is 8.13. The average molecular weight is 263 g/mol. The van der Waals surface area contributed by atoms with Crippen molar-refractivity contribution in [3.05, 3.63) is 11.6 Å². The van der Waals surface area contributed by atoms with Crippen molar-refractivity contribution in [2.75, 3.05) is 0 Å². The first-order chi connectivity index (χ1) is 6.54. The molecule has 0 fully saturated rings. The topological polar surface area (TPSA) is 0 Å². The van der Waals surface area contributed by atoms with Gasteiger partial charge >= 0.3 is 0 Å². The molecule has 0 rings (SSSR count). The summed E-state index contributed by atoms with van der Waals surface area (Å²) in [5.74, 6) is 0.903. The van der Waals surface area contributed by atoms with Crippen LogP contribution >= 0.6 is 0 Å². The van der Waals surface area contributed by atoms with E-state index in [0.29, 0.717) is 0 Å². The zero-order chi connectivity index (χ0) is 11.4. The molecule has 0 unspecified atom stereocenters. The van der Waals surface area contributed by atoms with E-state index in [1.165, 1.54) is 37.7 Å². The zero-order valence-electron chi connectivity index (χ0n) is 11.2. The molecule has 0 heteroatoms. The zero-order valence-corrected chi connectivity index (χ0v) is 11.2. The van der Waals surface area contributed by atoms with E-state index in [9.17, 15) is 0 Å². The van der Waals surface area contributed by atoms with Gasteiger partial charge in [0.25, 0.3) is 0 Å². The Morgan fingerprint density at radius 1 is 0.889 bits per heavy atom. The molecule has 0 saturated heterocycles. The van der Waals surface area contributed by atoms with Crippen LogP contribution in [0.2, 0.25) is 0 Å². The summed E-state index contributed by atoms with van der Waals surface area (Å²) in [6.07, 6.45) is 8.92. The summed E-state index contributed by atoms with van der Waals surface area (Å²) in [4.78, 5) is 0. The van der Waals surface area contributed by atoms with Gasteiger partial charge in [-0.2, -0.15) is 0 Å². The van der Waals surface area contributed by atoms with Gasteiger partial charge in [-0.1, -0.05) is 94.7 Å². The highest BCUT2D eigenvalue weighted by Gasteiger charge is 1.88. The van der Waals surface area contributed by atoms with Crippen LogP contribution in [-0.2, 0) is 0 Å². The smallest absolute Gasteiger partial charge is 0.0351 e. The first-order valence-corrected chi connectivity index (χ1v) is 6.17. The molecule has 0 aromatic carbocycles. The van der Waals surface area contributed by atoms with E-state index in [1.54, 1.807) is 0 Å². The molecule has 0 aliphatic carbocycles. The number of hydrogen-bond donors (Lipinski definition) is 0. The highest BCUT2D eigenvalue weighted by atomic mass is 13.9. The second kappa shape index (κ2) is 30.1. The van der Waals surface area contributed by atoms with Crippen molar-refractivity contribution in [3.8, 4) is 0 Å². The van der Waals surface area contributed by atoms with Gasteiger partial charge in [-0.3, -0.25) is 0 Å². The maximum atomic E-state index is 2.27. The first kappa shape index (κ1) is 36.1. The van der Waals surface area contributed by atoms with E-state index in [2.05, 4.69) is 47.6 Å². The summed E-state index contributed by atoms with van der Waals surface area (Å²) in [5.41, 5.74) is 1.43. The largest absolute Gasteiger partial charge is 0.0859 e. The Labute approximate surface area is 121 Å². The minimum atomic E-state index is 0. The standard InChI is InChI=1S/C7H16.C7H14.4CH4/c2*1-4-5-6-7(2)3;;;;/h7H,4-6H2,1-3H3;6H,4-5H2,1-3H3;4*1H4. The lowest BCUT2D eigenvalue weighted by Crippen LogP contribution is -1.83. The van der Waals surface area contributed by atoms with Gasteiger partial charge in [0.2, 0.25) is 0 Å². The number of hydrogen-bond acceptors (Lipinski definition) is 0. The molecule has 0 N–H and O–H groups in total. The Bertz CT molecular complexity index is 116. The molecule has 0 saturated carbocycles. The van der Waals surface area contributed by atoms with Gasteiger partial charge in [0.05, 0.1) is 0 Å². The molecule has 0 aromatic heterocycles. The van der Waals surface area contributed by atoms with Crippen LogP contribution in [0.5, 0.6) is 0 Å². The van der Waals surface area contributed by atoms with Crippen LogP contribution in [0.3, 0.4) is 0 Å². The summed E-state index contributed by atoms with van der Waals surface area (Å²) >= 11 is 0. The van der Waals surface area contributed by atoms with Gasteiger partial charge in [-0.25, -0.2) is 0 Å². The maximum absolute atomic E-state index is 2.27. The molecular formula is C18H46. The fourth-order valence-electron chi connectivity index (χ4n) is 1.05. The Morgan fingerprint density at radius 3 is 1.44 bits per heavy atom. The molecule has 0 radical (unpaired) electrons. The number of rotatable bonds is 5. The van der Waals surface area contributed by atoms with Crippen molar-refractivity contribution < 1.29 is 0 Å². The van der Waals surface area contributed by atoms with Crippen molar-refractivity contribution in [3.63, 3.8) is 0 Å². The fraction of sp³-hybridized carbons (Fsp3) is 0.889. The molecule has 0 aliphatic heterocycles. The summed E-state index contributed by atoms with van der Waals surface area (Å²) < 4.78 is 0. The second-order valence-corrected chi connectivity index (χ2v) is 4.61. The second-order valence-electron chi connectivity index (χ2n) is 4.61. The third kappa shape index (κ3) is 57.1. The van der Waals surface area contributed by atoms with Gasteiger partial charge in [-0.05, 0) is 26.2 Å². The molecular weight excluding hydrogens is 216 g/mol. The lowest BCUT2D eigenvalue weighted by atomic mass is 10.1. The predicted molar refractivity (Wildman–Crippen MR) is 95.6 cm³/mol. The molecule has 0 atom stereocenters. The van der Waals surface area contributed by atoms with Crippen molar-refractivity contribution in [1.82, 2.24) is 0 Å². The first-order valence-electron chi connectivity index (χ1n) is 6.17. The quantitative estimate of drug-likeness (QED) is 0.439. The Hall–Kier alpha value is -0.260. The van der Waals surface area contributed by atoms with E-state index in [1.807, 2.05) is 0 Å². The molecule has 0 nitrogen and oxygen atoms in total. The van der Waals surface area contributed by atoms with Gasteiger partial charge in [0, 0.05) is 0 Å². The van der Waals surface area contributed by atoms with E-state index < -0.39 is 0 Å². The highest BCUT2D eigenvalue weighted by molar-refractivity contribution is 4.92. The van der Waals surface area contributed by atoms with Crippen molar-refractivity contribution in [1.29, 1.82) is 0 Å².